The Morgan fingerprint density at radius 1 is 1.27 bits per heavy atom. The van der Waals surface area contributed by atoms with Gasteiger partial charge in [-0.25, -0.2) is 0 Å². The normalized spacial score (nSPS) is 27.5. The fraction of sp³-hybridized carbons (Fsp3) is 0.917. The van der Waals surface area contributed by atoms with Gasteiger partial charge >= 0.3 is 0 Å². The molecule has 0 radical (unpaired) electrons. The first-order valence-electron chi connectivity index (χ1n) is 5.94. The topological polar surface area (TPSA) is 55.1 Å². The number of hydrogen-bond donors (Lipinski definition) is 2. The summed E-state index contributed by atoms with van der Waals surface area (Å²) < 4.78 is 0. The number of carbonyl (C=O) groups is 1. The maximum Gasteiger partial charge on any atom is 0.223 e. The van der Waals surface area contributed by atoms with Gasteiger partial charge in [-0.1, -0.05) is 0 Å². The summed E-state index contributed by atoms with van der Waals surface area (Å²) in [7, 11) is 0. The second-order valence-corrected chi connectivity index (χ2v) is 5.69. The van der Waals surface area contributed by atoms with Crippen LogP contribution in [0.15, 0.2) is 0 Å². The van der Waals surface area contributed by atoms with Crippen LogP contribution in [0.4, 0.5) is 0 Å². The lowest BCUT2D eigenvalue weighted by molar-refractivity contribution is -0.127. The van der Waals surface area contributed by atoms with E-state index >= 15 is 0 Å². The van der Waals surface area contributed by atoms with E-state index in [1.807, 2.05) is 20.8 Å². The van der Waals surface area contributed by atoms with Crippen LogP contribution in [0.25, 0.3) is 0 Å². The fourth-order valence-corrected chi connectivity index (χ4v) is 2.13. The summed E-state index contributed by atoms with van der Waals surface area (Å²) in [6, 6.07) is 0. The summed E-state index contributed by atoms with van der Waals surface area (Å²) in [6.07, 6.45) is 4.23. The summed E-state index contributed by atoms with van der Waals surface area (Å²) in [6.45, 7) is 6.84. The lowest BCUT2D eigenvalue weighted by Gasteiger charge is -2.30. The quantitative estimate of drug-likeness (QED) is 0.731. The van der Waals surface area contributed by atoms with Crippen molar-refractivity contribution in [3.05, 3.63) is 0 Å². The van der Waals surface area contributed by atoms with Gasteiger partial charge in [-0.3, -0.25) is 4.79 Å². The molecule has 0 aromatic rings. The molecule has 0 spiro atoms. The average molecular weight is 212 g/mol. The smallest absolute Gasteiger partial charge is 0.223 e. The highest BCUT2D eigenvalue weighted by Gasteiger charge is 2.27. The van der Waals surface area contributed by atoms with Crippen molar-refractivity contribution in [2.45, 2.75) is 52.0 Å². The van der Waals surface area contributed by atoms with Crippen LogP contribution in [0.2, 0.25) is 0 Å². The fourth-order valence-electron chi connectivity index (χ4n) is 2.13. The third-order valence-electron chi connectivity index (χ3n) is 3.05. The molecule has 1 fully saturated rings. The third-order valence-corrected chi connectivity index (χ3v) is 3.05. The number of amides is 1. The van der Waals surface area contributed by atoms with Crippen molar-refractivity contribution >= 4 is 5.91 Å². The molecular formula is C12H24N2O. The molecule has 1 rings (SSSR count). The van der Waals surface area contributed by atoms with Crippen molar-refractivity contribution in [2.24, 2.45) is 17.6 Å². The minimum atomic E-state index is -0.109. The molecule has 0 heterocycles. The van der Waals surface area contributed by atoms with E-state index in [1.165, 1.54) is 0 Å². The molecule has 3 N–H and O–H groups in total. The molecular weight excluding hydrogens is 188 g/mol. The molecule has 1 saturated carbocycles. The first kappa shape index (κ1) is 12.5. The van der Waals surface area contributed by atoms with E-state index in [0.717, 1.165) is 32.2 Å². The van der Waals surface area contributed by atoms with Crippen LogP contribution >= 0.6 is 0 Å². The molecule has 3 nitrogen and oxygen atoms in total. The predicted octanol–water partition coefficient (Wildman–Crippen LogP) is 1.67. The molecule has 1 aliphatic rings. The molecule has 1 amide bonds. The molecule has 0 aromatic carbocycles. The van der Waals surface area contributed by atoms with E-state index in [4.69, 9.17) is 5.73 Å². The Morgan fingerprint density at radius 3 is 2.20 bits per heavy atom. The maximum absolute atomic E-state index is 11.9. The number of hydrogen-bond acceptors (Lipinski definition) is 2. The minimum Gasteiger partial charge on any atom is -0.351 e. The minimum absolute atomic E-state index is 0.109. The molecule has 1 aliphatic carbocycles. The van der Waals surface area contributed by atoms with E-state index in [0.29, 0.717) is 5.92 Å². The summed E-state index contributed by atoms with van der Waals surface area (Å²) in [4.78, 5) is 11.9. The van der Waals surface area contributed by atoms with Gasteiger partial charge in [-0.05, 0) is 58.9 Å². The molecule has 3 heteroatoms. The van der Waals surface area contributed by atoms with Crippen LogP contribution in [-0.4, -0.2) is 18.0 Å². The number of carbonyl (C=O) groups excluding carboxylic acids is 1. The van der Waals surface area contributed by atoms with E-state index in [2.05, 4.69) is 5.32 Å². The summed E-state index contributed by atoms with van der Waals surface area (Å²) >= 11 is 0. The average Bonchev–Trinajstić information content (AvgIpc) is 2.15. The monoisotopic (exact) mass is 212 g/mol. The molecule has 0 unspecified atom stereocenters. The zero-order valence-electron chi connectivity index (χ0n) is 10.2. The molecule has 0 bridgehead atoms. The molecule has 88 valence electrons. The first-order chi connectivity index (χ1) is 6.92. The van der Waals surface area contributed by atoms with Crippen molar-refractivity contribution in [2.75, 3.05) is 6.54 Å². The second-order valence-electron chi connectivity index (χ2n) is 5.69. The van der Waals surface area contributed by atoms with E-state index in [9.17, 15) is 4.79 Å². The SMILES string of the molecule is CC(C)(C)NC(=O)[C@H]1CC[C@H](CN)CC1. The molecule has 0 aromatic heterocycles. The number of nitrogens with one attached hydrogen (secondary N) is 1. The Bertz CT molecular complexity index is 212. The van der Waals surface area contributed by atoms with Crippen molar-refractivity contribution in [3.63, 3.8) is 0 Å². The van der Waals surface area contributed by atoms with Crippen molar-refractivity contribution < 1.29 is 4.79 Å². The van der Waals surface area contributed by atoms with Crippen LogP contribution in [0.5, 0.6) is 0 Å². The van der Waals surface area contributed by atoms with Crippen LogP contribution in [0, 0.1) is 11.8 Å². The van der Waals surface area contributed by atoms with Gasteiger partial charge in [-0.2, -0.15) is 0 Å². The Balaban J connectivity index is 2.37. The van der Waals surface area contributed by atoms with Gasteiger partial charge in [0.05, 0.1) is 0 Å². The molecule has 0 atom stereocenters. The van der Waals surface area contributed by atoms with Crippen LogP contribution in [0.3, 0.4) is 0 Å². The van der Waals surface area contributed by atoms with E-state index in [-0.39, 0.29) is 17.4 Å². The van der Waals surface area contributed by atoms with E-state index < -0.39 is 0 Å². The Kier molecular flexibility index (Phi) is 4.14. The number of nitrogens with two attached hydrogens (primary N) is 1. The lowest BCUT2D eigenvalue weighted by atomic mass is 9.81. The highest BCUT2D eigenvalue weighted by Crippen LogP contribution is 2.28. The zero-order chi connectivity index (χ0) is 11.5. The van der Waals surface area contributed by atoms with Crippen molar-refractivity contribution in [1.82, 2.24) is 5.32 Å². The van der Waals surface area contributed by atoms with Crippen LogP contribution in [-0.2, 0) is 4.79 Å². The number of rotatable bonds is 2. The van der Waals surface area contributed by atoms with Crippen LogP contribution in [0.1, 0.15) is 46.5 Å². The Hall–Kier alpha value is -0.570. The lowest BCUT2D eigenvalue weighted by Crippen LogP contribution is -2.44. The highest BCUT2D eigenvalue weighted by atomic mass is 16.2. The maximum atomic E-state index is 11.9. The molecule has 0 aliphatic heterocycles. The van der Waals surface area contributed by atoms with Crippen LogP contribution < -0.4 is 11.1 Å². The Morgan fingerprint density at radius 2 is 1.80 bits per heavy atom. The second kappa shape index (κ2) is 4.97. The summed E-state index contributed by atoms with van der Waals surface area (Å²) in [5.41, 5.74) is 5.52. The highest BCUT2D eigenvalue weighted by molar-refractivity contribution is 5.79. The van der Waals surface area contributed by atoms with Gasteiger partial charge in [-0.15, -0.1) is 0 Å². The zero-order valence-corrected chi connectivity index (χ0v) is 10.2. The van der Waals surface area contributed by atoms with Gasteiger partial charge in [0, 0.05) is 11.5 Å². The van der Waals surface area contributed by atoms with Gasteiger partial charge in [0.25, 0.3) is 0 Å². The predicted molar refractivity (Wildman–Crippen MR) is 62.4 cm³/mol. The standard InChI is InChI=1S/C12H24N2O/c1-12(2,3)14-11(15)10-6-4-9(8-13)5-7-10/h9-10H,4-8,13H2,1-3H3,(H,14,15)/t9-,10-. The first-order valence-corrected chi connectivity index (χ1v) is 5.94. The molecule has 15 heavy (non-hydrogen) atoms. The summed E-state index contributed by atoms with van der Waals surface area (Å²) in [5.74, 6) is 1.08. The largest absolute Gasteiger partial charge is 0.351 e. The van der Waals surface area contributed by atoms with Gasteiger partial charge in [0.15, 0.2) is 0 Å². The van der Waals surface area contributed by atoms with E-state index in [1.54, 1.807) is 0 Å². The van der Waals surface area contributed by atoms with Crippen molar-refractivity contribution in [1.29, 1.82) is 0 Å². The van der Waals surface area contributed by atoms with Gasteiger partial charge in [0.1, 0.15) is 0 Å². The molecule has 0 saturated heterocycles. The van der Waals surface area contributed by atoms with Gasteiger partial charge < -0.3 is 11.1 Å². The van der Waals surface area contributed by atoms with Crippen molar-refractivity contribution in [3.8, 4) is 0 Å². The third kappa shape index (κ3) is 4.20. The summed E-state index contributed by atoms with van der Waals surface area (Å²) in [5, 5.41) is 3.05. The van der Waals surface area contributed by atoms with Gasteiger partial charge in [0.2, 0.25) is 5.91 Å². The Labute approximate surface area is 92.8 Å².